The fraction of sp³-hybridized carbons (Fsp3) is 0.357. The van der Waals surface area contributed by atoms with Crippen LogP contribution in [-0.4, -0.2) is 30.8 Å². The van der Waals surface area contributed by atoms with Gasteiger partial charge in [-0.3, -0.25) is 9.72 Å². The summed E-state index contributed by atoms with van der Waals surface area (Å²) in [6, 6.07) is 5.04. The molecule has 3 aromatic rings. The van der Waals surface area contributed by atoms with E-state index in [1.807, 2.05) is 35.7 Å². The largest absolute Gasteiger partial charge is 0.328 e. The number of carbonyl (C=O) groups is 1. The van der Waals surface area contributed by atoms with Crippen molar-refractivity contribution >= 4 is 28.1 Å². The minimum Gasteiger partial charge on any atom is -0.328 e. The highest BCUT2D eigenvalue weighted by atomic mass is 32.1. The Hall–Kier alpha value is -2.55. The van der Waals surface area contributed by atoms with E-state index in [2.05, 4.69) is 31.0 Å². The van der Waals surface area contributed by atoms with Crippen LogP contribution < -0.4 is 10.6 Å². The molecular weight excluding hydrogens is 314 g/mol. The minimum atomic E-state index is -0.330. The van der Waals surface area contributed by atoms with E-state index >= 15 is 0 Å². The lowest BCUT2D eigenvalue weighted by atomic mass is 10.3. The van der Waals surface area contributed by atoms with E-state index in [1.54, 1.807) is 0 Å². The van der Waals surface area contributed by atoms with E-state index in [1.165, 1.54) is 11.3 Å². The maximum absolute atomic E-state index is 12.1. The number of pyridine rings is 1. The predicted molar refractivity (Wildman–Crippen MR) is 85.4 cm³/mol. The molecule has 3 aromatic heterocycles. The van der Waals surface area contributed by atoms with E-state index in [4.69, 9.17) is 0 Å². The van der Waals surface area contributed by atoms with Gasteiger partial charge in [-0.1, -0.05) is 17.4 Å². The van der Waals surface area contributed by atoms with Crippen molar-refractivity contribution in [1.82, 2.24) is 30.1 Å². The fourth-order valence-corrected chi connectivity index (χ4v) is 3.24. The topological polar surface area (TPSA) is 97.1 Å². The SMILES string of the molecule is C[C@H](NC(=O)Nc1nnc(C2CC2)s1)c1nnc2ccccn12. The summed E-state index contributed by atoms with van der Waals surface area (Å²) >= 11 is 1.43. The molecule has 0 saturated heterocycles. The molecule has 118 valence electrons. The van der Waals surface area contributed by atoms with Gasteiger partial charge < -0.3 is 5.32 Å². The summed E-state index contributed by atoms with van der Waals surface area (Å²) in [6.07, 6.45) is 4.20. The monoisotopic (exact) mass is 329 g/mol. The smallest absolute Gasteiger partial charge is 0.321 e. The Labute approximate surface area is 136 Å². The van der Waals surface area contributed by atoms with E-state index in [9.17, 15) is 4.79 Å². The number of nitrogens with one attached hydrogen (secondary N) is 2. The van der Waals surface area contributed by atoms with Crippen molar-refractivity contribution < 1.29 is 4.79 Å². The second-order valence-corrected chi connectivity index (χ2v) is 6.54. The van der Waals surface area contributed by atoms with Gasteiger partial charge in [0, 0.05) is 12.1 Å². The molecule has 0 radical (unpaired) electrons. The number of anilines is 1. The molecule has 0 bridgehead atoms. The molecule has 4 rings (SSSR count). The van der Waals surface area contributed by atoms with Crippen LogP contribution >= 0.6 is 11.3 Å². The molecule has 0 aliphatic heterocycles. The normalized spacial score (nSPS) is 15.5. The first-order valence-electron chi connectivity index (χ1n) is 7.41. The molecule has 2 N–H and O–H groups in total. The van der Waals surface area contributed by atoms with E-state index in [0.717, 1.165) is 23.5 Å². The zero-order valence-electron chi connectivity index (χ0n) is 12.4. The van der Waals surface area contributed by atoms with Gasteiger partial charge in [0.05, 0.1) is 6.04 Å². The van der Waals surface area contributed by atoms with Gasteiger partial charge in [0.2, 0.25) is 5.13 Å². The predicted octanol–water partition coefficient (Wildman–Crippen LogP) is 2.34. The summed E-state index contributed by atoms with van der Waals surface area (Å²) in [7, 11) is 0. The Balaban J connectivity index is 1.43. The third kappa shape index (κ3) is 2.87. The van der Waals surface area contributed by atoms with Gasteiger partial charge in [0.1, 0.15) is 5.01 Å². The van der Waals surface area contributed by atoms with Crippen LogP contribution in [0, 0.1) is 0 Å². The maximum Gasteiger partial charge on any atom is 0.321 e. The van der Waals surface area contributed by atoms with Crippen molar-refractivity contribution in [2.24, 2.45) is 0 Å². The van der Waals surface area contributed by atoms with Crippen LogP contribution in [0.25, 0.3) is 5.65 Å². The highest BCUT2D eigenvalue weighted by Gasteiger charge is 2.27. The van der Waals surface area contributed by atoms with Gasteiger partial charge in [-0.15, -0.1) is 20.4 Å². The van der Waals surface area contributed by atoms with Crippen LogP contribution in [0.1, 0.15) is 42.6 Å². The van der Waals surface area contributed by atoms with Gasteiger partial charge in [-0.2, -0.15) is 0 Å². The third-order valence-electron chi connectivity index (χ3n) is 3.66. The van der Waals surface area contributed by atoms with Crippen molar-refractivity contribution in [3.63, 3.8) is 0 Å². The third-order valence-corrected chi connectivity index (χ3v) is 4.66. The zero-order chi connectivity index (χ0) is 15.8. The summed E-state index contributed by atoms with van der Waals surface area (Å²) < 4.78 is 1.85. The first-order valence-corrected chi connectivity index (χ1v) is 8.23. The average molecular weight is 329 g/mol. The molecule has 1 fully saturated rings. The maximum atomic E-state index is 12.1. The number of urea groups is 1. The average Bonchev–Trinajstić information content (AvgIpc) is 3.13. The highest BCUT2D eigenvalue weighted by molar-refractivity contribution is 7.15. The van der Waals surface area contributed by atoms with E-state index < -0.39 is 0 Å². The molecular formula is C14H15N7OS. The molecule has 3 heterocycles. The number of hydrogen-bond acceptors (Lipinski definition) is 6. The van der Waals surface area contributed by atoms with Crippen LogP contribution in [0.3, 0.4) is 0 Å². The quantitative estimate of drug-likeness (QED) is 0.766. The Morgan fingerprint density at radius 1 is 1.30 bits per heavy atom. The number of amides is 2. The standard InChI is InChI=1S/C14H15N7OS/c1-8(11-18-17-10-4-2-3-7-21(10)11)15-13(22)16-14-20-19-12(23-14)9-5-6-9/h2-4,7-9H,5-6H2,1H3,(H2,15,16,20,22)/t8-/m0/s1. The first kappa shape index (κ1) is 14.1. The zero-order valence-corrected chi connectivity index (χ0v) is 13.2. The molecule has 2 amide bonds. The number of rotatable bonds is 4. The lowest BCUT2D eigenvalue weighted by Crippen LogP contribution is -2.32. The van der Waals surface area contributed by atoms with E-state index in [0.29, 0.717) is 16.9 Å². The molecule has 1 aliphatic rings. The summed E-state index contributed by atoms with van der Waals surface area (Å²) in [5, 5.41) is 23.4. The van der Waals surface area contributed by atoms with Crippen LogP contribution in [0.4, 0.5) is 9.93 Å². The molecule has 23 heavy (non-hydrogen) atoms. The minimum absolute atomic E-state index is 0.289. The second kappa shape index (κ2) is 5.58. The van der Waals surface area contributed by atoms with Gasteiger partial charge >= 0.3 is 6.03 Å². The van der Waals surface area contributed by atoms with Crippen molar-refractivity contribution in [3.05, 3.63) is 35.2 Å². The number of aromatic nitrogens is 5. The molecule has 1 saturated carbocycles. The number of fused-ring (bicyclic) bond motifs is 1. The summed E-state index contributed by atoms with van der Waals surface area (Å²) in [5.74, 6) is 1.21. The Morgan fingerprint density at radius 2 is 2.17 bits per heavy atom. The first-order chi connectivity index (χ1) is 11.2. The number of hydrogen-bond donors (Lipinski definition) is 2. The van der Waals surface area contributed by atoms with Crippen LogP contribution in [0.2, 0.25) is 0 Å². The molecule has 8 nitrogen and oxygen atoms in total. The highest BCUT2D eigenvalue weighted by Crippen LogP contribution is 2.42. The van der Waals surface area contributed by atoms with Crippen LogP contribution in [0.5, 0.6) is 0 Å². The van der Waals surface area contributed by atoms with Gasteiger partial charge in [-0.05, 0) is 31.9 Å². The Morgan fingerprint density at radius 3 is 3.00 bits per heavy atom. The summed E-state index contributed by atoms with van der Waals surface area (Å²) in [5.41, 5.74) is 0.745. The van der Waals surface area contributed by atoms with Gasteiger partial charge in [-0.25, -0.2) is 4.79 Å². The number of nitrogens with zero attached hydrogens (tertiary/aromatic N) is 5. The summed E-state index contributed by atoms with van der Waals surface area (Å²) in [4.78, 5) is 12.1. The van der Waals surface area contributed by atoms with Gasteiger partial charge in [0.25, 0.3) is 0 Å². The molecule has 0 unspecified atom stereocenters. The molecule has 1 aliphatic carbocycles. The Kier molecular flexibility index (Phi) is 3.41. The summed E-state index contributed by atoms with van der Waals surface area (Å²) in [6.45, 7) is 1.86. The molecule has 1 atom stereocenters. The van der Waals surface area contributed by atoms with Crippen molar-refractivity contribution in [2.45, 2.75) is 31.7 Å². The van der Waals surface area contributed by atoms with Crippen molar-refractivity contribution in [3.8, 4) is 0 Å². The number of carbonyl (C=O) groups excluding carboxylic acids is 1. The fourth-order valence-electron chi connectivity index (χ4n) is 2.33. The molecule has 0 spiro atoms. The van der Waals surface area contributed by atoms with Crippen LogP contribution in [-0.2, 0) is 0 Å². The lowest BCUT2D eigenvalue weighted by molar-refractivity contribution is 0.249. The molecule has 9 heteroatoms. The van der Waals surface area contributed by atoms with Crippen molar-refractivity contribution in [2.75, 3.05) is 5.32 Å². The van der Waals surface area contributed by atoms with Gasteiger partial charge in [0.15, 0.2) is 11.5 Å². The molecule has 0 aromatic carbocycles. The van der Waals surface area contributed by atoms with Crippen LogP contribution in [0.15, 0.2) is 24.4 Å². The second-order valence-electron chi connectivity index (χ2n) is 5.53. The Bertz CT molecular complexity index is 854. The lowest BCUT2D eigenvalue weighted by Gasteiger charge is -2.12. The van der Waals surface area contributed by atoms with E-state index in [-0.39, 0.29) is 12.1 Å². The van der Waals surface area contributed by atoms with Crippen molar-refractivity contribution in [1.29, 1.82) is 0 Å².